The van der Waals surface area contributed by atoms with E-state index < -0.39 is 0 Å². The van der Waals surface area contributed by atoms with E-state index in [1.165, 1.54) is 24.3 Å². The molecular weight excluding hydrogens is 344 g/mol. The van der Waals surface area contributed by atoms with Crippen LogP contribution in [0, 0.1) is 0 Å². The zero-order valence-corrected chi connectivity index (χ0v) is 17.4. The van der Waals surface area contributed by atoms with Crippen molar-refractivity contribution >= 4 is 37.7 Å². The SMILES string of the molecule is CCCCOc1cccc([O-])c1.CCCCOc1cccc([O-])c1.[Ca+2]. The van der Waals surface area contributed by atoms with Gasteiger partial charge in [-0.25, -0.2) is 0 Å². The van der Waals surface area contributed by atoms with Gasteiger partial charge in [-0.05, 0) is 37.1 Å². The third-order valence-corrected chi connectivity index (χ3v) is 3.14. The van der Waals surface area contributed by atoms with E-state index in [0.29, 0.717) is 24.7 Å². The van der Waals surface area contributed by atoms with Gasteiger partial charge in [0.1, 0.15) is 11.5 Å². The number of benzene rings is 2. The van der Waals surface area contributed by atoms with Crippen LogP contribution in [0.25, 0.3) is 0 Å². The largest absolute Gasteiger partial charge is 2.00 e. The van der Waals surface area contributed by atoms with E-state index in [4.69, 9.17) is 9.47 Å². The smallest absolute Gasteiger partial charge is 0.872 e. The zero-order chi connectivity index (χ0) is 17.6. The molecule has 5 heteroatoms. The Morgan fingerprint density at radius 3 is 1.44 bits per heavy atom. The molecule has 0 aliphatic carbocycles. The quantitative estimate of drug-likeness (QED) is 0.527. The molecule has 2 aromatic carbocycles. The van der Waals surface area contributed by atoms with Crippen LogP contribution >= 0.6 is 0 Å². The van der Waals surface area contributed by atoms with Gasteiger partial charge in [-0.3, -0.25) is 0 Å². The maximum atomic E-state index is 10.8. The van der Waals surface area contributed by atoms with E-state index in [-0.39, 0.29) is 49.2 Å². The van der Waals surface area contributed by atoms with E-state index in [0.717, 1.165) is 25.7 Å². The van der Waals surface area contributed by atoms with Crippen LogP contribution in [-0.2, 0) is 0 Å². The molecule has 0 aliphatic heterocycles. The Hall–Kier alpha value is -1.10. The molecule has 0 saturated heterocycles. The fourth-order valence-electron chi connectivity index (χ4n) is 1.80. The number of rotatable bonds is 8. The van der Waals surface area contributed by atoms with Crippen LogP contribution in [0.3, 0.4) is 0 Å². The maximum absolute atomic E-state index is 10.8. The first-order chi connectivity index (χ1) is 11.7. The van der Waals surface area contributed by atoms with Gasteiger partial charge in [0.05, 0.1) is 13.2 Å². The van der Waals surface area contributed by atoms with Gasteiger partial charge >= 0.3 is 37.7 Å². The molecule has 25 heavy (non-hydrogen) atoms. The van der Waals surface area contributed by atoms with Gasteiger partial charge in [-0.2, -0.15) is 0 Å². The molecule has 132 valence electrons. The Balaban J connectivity index is 0.000000443. The summed E-state index contributed by atoms with van der Waals surface area (Å²) in [6.07, 6.45) is 4.28. The van der Waals surface area contributed by atoms with Crippen molar-refractivity contribution in [1.29, 1.82) is 0 Å². The summed E-state index contributed by atoms with van der Waals surface area (Å²) >= 11 is 0. The minimum atomic E-state index is 0. The van der Waals surface area contributed by atoms with Crippen molar-refractivity contribution in [2.24, 2.45) is 0 Å². The monoisotopic (exact) mass is 370 g/mol. The van der Waals surface area contributed by atoms with Gasteiger partial charge in [0.15, 0.2) is 0 Å². The van der Waals surface area contributed by atoms with Crippen molar-refractivity contribution < 1.29 is 19.7 Å². The van der Waals surface area contributed by atoms with Gasteiger partial charge in [0.2, 0.25) is 0 Å². The van der Waals surface area contributed by atoms with Gasteiger partial charge in [-0.1, -0.05) is 51.0 Å². The topological polar surface area (TPSA) is 64.6 Å². The Morgan fingerprint density at radius 2 is 1.12 bits per heavy atom. The Morgan fingerprint density at radius 1 is 0.720 bits per heavy atom. The van der Waals surface area contributed by atoms with Crippen LogP contribution in [0.4, 0.5) is 0 Å². The molecule has 0 heterocycles. The maximum Gasteiger partial charge on any atom is 2.00 e. The zero-order valence-electron chi connectivity index (χ0n) is 15.2. The number of ether oxygens (including phenoxy) is 2. The minimum absolute atomic E-state index is 0. The van der Waals surface area contributed by atoms with Crippen molar-refractivity contribution in [3.05, 3.63) is 48.5 Å². The van der Waals surface area contributed by atoms with E-state index in [1.54, 1.807) is 24.3 Å². The van der Waals surface area contributed by atoms with E-state index in [9.17, 15) is 10.2 Å². The van der Waals surface area contributed by atoms with Crippen molar-refractivity contribution in [2.75, 3.05) is 13.2 Å². The van der Waals surface area contributed by atoms with E-state index in [2.05, 4.69) is 13.8 Å². The van der Waals surface area contributed by atoms with Gasteiger partial charge in [0, 0.05) is 0 Å². The molecule has 0 saturated carbocycles. The second-order valence-corrected chi connectivity index (χ2v) is 5.35. The molecule has 0 fully saturated rings. The first kappa shape index (κ1) is 23.9. The fourth-order valence-corrected chi connectivity index (χ4v) is 1.80. The summed E-state index contributed by atoms with van der Waals surface area (Å²) < 4.78 is 10.7. The van der Waals surface area contributed by atoms with Crippen LogP contribution in [0.15, 0.2) is 48.5 Å². The molecule has 4 nitrogen and oxygen atoms in total. The molecule has 2 aromatic rings. The number of unbranched alkanes of at least 4 members (excludes halogenated alkanes) is 2. The molecule has 0 N–H and O–H groups in total. The molecule has 0 amide bonds. The van der Waals surface area contributed by atoms with Crippen LogP contribution in [0.5, 0.6) is 23.0 Å². The first-order valence-corrected chi connectivity index (χ1v) is 8.45. The molecule has 0 aliphatic rings. The third kappa shape index (κ3) is 12.0. The average molecular weight is 371 g/mol. The molecule has 0 aromatic heterocycles. The van der Waals surface area contributed by atoms with Crippen molar-refractivity contribution in [2.45, 2.75) is 39.5 Å². The van der Waals surface area contributed by atoms with Crippen molar-refractivity contribution in [3.63, 3.8) is 0 Å². The normalized spacial score (nSPS) is 9.36. The summed E-state index contributed by atoms with van der Waals surface area (Å²) in [6.45, 7) is 5.60. The predicted molar refractivity (Wildman–Crippen MR) is 98.3 cm³/mol. The minimum Gasteiger partial charge on any atom is -0.872 e. The Labute approximate surface area is 180 Å². The van der Waals surface area contributed by atoms with Crippen molar-refractivity contribution in [3.8, 4) is 23.0 Å². The molecular formula is C20H26CaO4. The number of hydrogen-bond acceptors (Lipinski definition) is 4. The molecule has 0 spiro atoms. The summed E-state index contributed by atoms with van der Waals surface area (Å²) in [4.78, 5) is 0. The third-order valence-electron chi connectivity index (χ3n) is 3.14. The molecule has 0 atom stereocenters. The van der Waals surface area contributed by atoms with Crippen LogP contribution < -0.4 is 19.7 Å². The predicted octanol–water partition coefficient (Wildman–Crippen LogP) is 3.50. The van der Waals surface area contributed by atoms with Crippen LogP contribution in [-0.4, -0.2) is 51.0 Å². The summed E-state index contributed by atoms with van der Waals surface area (Å²) in [5.41, 5.74) is 0. The second kappa shape index (κ2) is 15.2. The Bertz CT molecular complexity index is 524. The summed E-state index contributed by atoms with van der Waals surface area (Å²) in [7, 11) is 0. The fraction of sp³-hybridized carbons (Fsp3) is 0.400. The standard InChI is InChI=1S/2C10H14O2.Ca/c2*1-2-3-7-12-10-6-4-5-9(11)8-10;/h2*4-6,8,11H,2-3,7H2,1H3;/q;;+2/p-2. The second-order valence-electron chi connectivity index (χ2n) is 5.35. The molecule has 0 unspecified atom stereocenters. The average Bonchev–Trinajstić information content (AvgIpc) is 2.56. The summed E-state index contributed by atoms with van der Waals surface area (Å²) in [6, 6.07) is 13.1. The molecule has 0 bridgehead atoms. The summed E-state index contributed by atoms with van der Waals surface area (Å²) in [5.74, 6) is 1.36. The van der Waals surface area contributed by atoms with E-state index >= 15 is 0 Å². The van der Waals surface area contributed by atoms with Crippen LogP contribution in [0.2, 0.25) is 0 Å². The van der Waals surface area contributed by atoms with Gasteiger partial charge < -0.3 is 19.7 Å². The van der Waals surface area contributed by atoms with E-state index in [1.807, 2.05) is 0 Å². The van der Waals surface area contributed by atoms with Crippen LogP contribution in [0.1, 0.15) is 39.5 Å². The number of hydrogen-bond donors (Lipinski definition) is 0. The Kier molecular flexibility index (Phi) is 14.5. The first-order valence-electron chi connectivity index (χ1n) is 8.45. The van der Waals surface area contributed by atoms with Crippen molar-refractivity contribution in [1.82, 2.24) is 0 Å². The molecule has 2 rings (SSSR count). The van der Waals surface area contributed by atoms with Gasteiger partial charge in [0.25, 0.3) is 0 Å². The summed E-state index contributed by atoms with van der Waals surface area (Å²) in [5, 5.41) is 21.7. The molecule has 0 radical (unpaired) electrons. The van der Waals surface area contributed by atoms with Gasteiger partial charge in [-0.15, -0.1) is 11.5 Å².